The first-order chi connectivity index (χ1) is 19.3. The average molecular weight is 619 g/mol. The maximum Gasteiger partial charge on any atom is 0.410 e. The fraction of sp³-hybridized carbons (Fsp3) is 0.379. The third-order valence-electron chi connectivity index (χ3n) is 7.17. The Labute approximate surface area is 253 Å². The number of nitrogens with zero attached hydrogens (tertiary/aromatic N) is 4. The zero-order valence-electron chi connectivity index (χ0n) is 23.1. The average Bonchev–Trinajstić information content (AvgIpc) is 3.08. The quantitative estimate of drug-likeness (QED) is 0.403. The first-order valence-electron chi connectivity index (χ1n) is 13.2. The maximum absolute atomic E-state index is 14.3. The Hall–Kier alpha value is -3.27. The molecule has 12 heteroatoms. The van der Waals surface area contributed by atoms with E-state index in [1.165, 1.54) is 4.90 Å². The van der Waals surface area contributed by atoms with Crippen LogP contribution in [-0.2, 0) is 9.53 Å². The molecule has 1 spiro atoms. The lowest BCUT2D eigenvalue weighted by atomic mass is 9.84. The second kappa shape index (κ2) is 10.9. The van der Waals surface area contributed by atoms with Gasteiger partial charge in [0, 0.05) is 47.4 Å². The number of benzene rings is 2. The van der Waals surface area contributed by atoms with Crippen molar-refractivity contribution in [2.75, 3.05) is 26.2 Å². The minimum absolute atomic E-state index is 0.0604. The molecular formula is C29H30Cl3N5O4. The summed E-state index contributed by atoms with van der Waals surface area (Å²) in [5, 5.41) is 9.03. The Kier molecular flexibility index (Phi) is 7.74. The van der Waals surface area contributed by atoms with Crippen LogP contribution < -0.4 is 5.32 Å². The van der Waals surface area contributed by atoms with Crippen LogP contribution in [0.4, 0.5) is 4.79 Å². The van der Waals surface area contributed by atoms with Crippen LogP contribution in [0, 0.1) is 6.92 Å². The predicted octanol–water partition coefficient (Wildman–Crippen LogP) is 5.76. The number of ether oxygens (including phenoxy) is 1. The largest absolute Gasteiger partial charge is 0.444 e. The van der Waals surface area contributed by atoms with Gasteiger partial charge in [-0.05, 0) is 58.0 Å². The Morgan fingerprint density at radius 2 is 1.68 bits per heavy atom. The van der Waals surface area contributed by atoms with E-state index >= 15 is 0 Å². The Morgan fingerprint density at radius 1 is 1.02 bits per heavy atom. The number of hydrogen-bond donors (Lipinski definition) is 1. The molecule has 1 N–H and O–H groups in total. The van der Waals surface area contributed by atoms with E-state index in [2.05, 4.69) is 5.32 Å². The lowest BCUT2D eigenvalue weighted by Gasteiger charge is -2.54. The highest BCUT2D eigenvalue weighted by Gasteiger charge is 2.54. The van der Waals surface area contributed by atoms with Gasteiger partial charge >= 0.3 is 6.09 Å². The van der Waals surface area contributed by atoms with Gasteiger partial charge in [0.05, 0.1) is 28.4 Å². The van der Waals surface area contributed by atoms with Gasteiger partial charge in [-0.2, -0.15) is 5.10 Å². The van der Waals surface area contributed by atoms with E-state index in [9.17, 15) is 14.4 Å². The van der Waals surface area contributed by atoms with E-state index in [-0.39, 0.29) is 50.1 Å². The molecular weight excluding hydrogens is 589 g/mol. The van der Waals surface area contributed by atoms with Crippen molar-refractivity contribution < 1.29 is 19.1 Å². The first kappa shape index (κ1) is 29.2. The van der Waals surface area contributed by atoms with Crippen LogP contribution in [-0.4, -0.2) is 74.8 Å². The smallest absolute Gasteiger partial charge is 0.410 e. The summed E-state index contributed by atoms with van der Waals surface area (Å²) in [5.74, 6) is -0.525. The zero-order chi connectivity index (χ0) is 29.7. The lowest BCUT2D eigenvalue weighted by Crippen LogP contribution is -2.72. The molecule has 0 atom stereocenters. The molecule has 5 rings (SSSR count). The van der Waals surface area contributed by atoms with E-state index in [4.69, 9.17) is 44.6 Å². The molecule has 2 aliphatic heterocycles. The van der Waals surface area contributed by atoms with E-state index < -0.39 is 17.2 Å². The molecule has 1 aromatic heterocycles. The molecule has 0 aliphatic carbocycles. The fourth-order valence-electron chi connectivity index (χ4n) is 5.32. The summed E-state index contributed by atoms with van der Waals surface area (Å²) in [7, 11) is 0. The molecule has 0 bridgehead atoms. The first-order valence-corrected chi connectivity index (χ1v) is 14.3. The molecule has 216 valence electrons. The standard InChI is InChI=1S/C29H30Cl3N5O4/c1-17-24(34-37(22-10-9-20(31)13-21(22)32)25(17)18-5-7-19(30)8-6-18)26(39)36-12-11-33-23(38)14-29(36)15-35(16-29)27(40)41-28(2,3)4/h5-10,13H,11-12,14-16H2,1-4H3,(H,33,38). The van der Waals surface area contributed by atoms with Crippen LogP contribution >= 0.6 is 34.8 Å². The third kappa shape index (κ3) is 5.76. The van der Waals surface area contributed by atoms with E-state index in [0.717, 1.165) is 5.56 Å². The highest BCUT2D eigenvalue weighted by molar-refractivity contribution is 6.35. The number of carbonyl (C=O) groups excluding carboxylic acids is 3. The molecule has 41 heavy (non-hydrogen) atoms. The molecule has 0 saturated carbocycles. The van der Waals surface area contributed by atoms with Gasteiger partial charge in [0.15, 0.2) is 5.69 Å². The molecule has 2 fully saturated rings. The van der Waals surface area contributed by atoms with Gasteiger partial charge in [-0.1, -0.05) is 46.9 Å². The summed E-state index contributed by atoms with van der Waals surface area (Å²) in [6, 6.07) is 12.3. The van der Waals surface area contributed by atoms with Crippen molar-refractivity contribution in [2.24, 2.45) is 0 Å². The predicted molar refractivity (Wildman–Crippen MR) is 158 cm³/mol. The Bertz CT molecular complexity index is 1520. The van der Waals surface area contributed by atoms with Crippen LogP contribution in [0.25, 0.3) is 16.9 Å². The van der Waals surface area contributed by atoms with Crippen LogP contribution in [0.15, 0.2) is 42.5 Å². The number of hydrogen-bond acceptors (Lipinski definition) is 5. The number of nitrogens with one attached hydrogen (secondary N) is 1. The molecule has 3 heterocycles. The number of rotatable bonds is 3. The molecule has 3 aromatic rings. The summed E-state index contributed by atoms with van der Waals surface area (Å²) in [5.41, 5.74) is 1.29. The van der Waals surface area contributed by atoms with Gasteiger partial charge in [0.25, 0.3) is 5.91 Å². The molecule has 0 radical (unpaired) electrons. The van der Waals surface area contributed by atoms with Crippen molar-refractivity contribution in [3.05, 3.63) is 68.8 Å². The second-order valence-corrected chi connectivity index (χ2v) is 12.7. The summed E-state index contributed by atoms with van der Waals surface area (Å²) in [6.45, 7) is 8.09. The fourth-order valence-corrected chi connectivity index (χ4v) is 5.94. The number of amides is 3. The highest BCUT2D eigenvalue weighted by atomic mass is 35.5. The monoisotopic (exact) mass is 617 g/mol. The summed E-state index contributed by atoms with van der Waals surface area (Å²) < 4.78 is 7.15. The van der Waals surface area contributed by atoms with Crippen molar-refractivity contribution >= 4 is 52.7 Å². The Morgan fingerprint density at radius 3 is 2.32 bits per heavy atom. The van der Waals surface area contributed by atoms with Crippen molar-refractivity contribution in [1.29, 1.82) is 0 Å². The third-order valence-corrected chi connectivity index (χ3v) is 7.96. The van der Waals surface area contributed by atoms with Crippen LogP contribution in [0.3, 0.4) is 0 Å². The molecule has 9 nitrogen and oxygen atoms in total. The van der Waals surface area contributed by atoms with Gasteiger partial charge < -0.3 is 19.9 Å². The summed E-state index contributed by atoms with van der Waals surface area (Å²) in [6.07, 6.45) is -0.423. The summed E-state index contributed by atoms with van der Waals surface area (Å²) in [4.78, 5) is 42.9. The topological polar surface area (TPSA) is 96.8 Å². The van der Waals surface area contributed by atoms with Gasteiger partial charge in [0.1, 0.15) is 5.60 Å². The maximum atomic E-state index is 14.3. The lowest BCUT2D eigenvalue weighted by molar-refractivity contribution is -0.125. The minimum atomic E-state index is -0.886. The van der Waals surface area contributed by atoms with E-state index in [1.54, 1.807) is 60.7 Å². The van der Waals surface area contributed by atoms with Gasteiger partial charge in [-0.15, -0.1) is 0 Å². The minimum Gasteiger partial charge on any atom is -0.444 e. The van der Waals surface area contributed by atoms with Crippen molar-refractivity contribution in [3.63, 3.8) is 0 Å². The number of aromatic nitrogens is 2. The second-order valence-electron chi connectivity index (χ2n) is 11.4. The van der Waals surface area contributed by atoms with Gasteiger partial charge in [0.2, 0.25) is 5.91 Å². The Balaban J connectivity index is 1.56. The zero-order valence-corrected chi connectivity index (χ0v) is 25.4. The van der Waals surface area contributed by atoms with Crippen molar-refractivity contribution in [2.45, 2.75) is 45.3 Å². The molecule has 3 amide bonds. The van der Waals surface area contributed by atoms with Crippen LogP contribution in [0.5, 0.6) is 0 Å². The number of likely N-dealkylation sites (tertiary alicyclic amines) is 1. The van der Waals surface area contributed by atoms with E-state index in [0.29, 0.717) is 32.0 Å². The molecule has 2 aliphatic rings. The van der Waals surface area contributed by atoms with Crippen LogP contribution in [0.2, 0.25) is 15.1 Å². The molecule has 0 unspecified atom stereocenters. The molecule has 2 saturated heterocycles. The normalized spacial score (nSPS) is 16.7. The van der Waals surface area contributed by atoms with Crippen molar-refractivity contribution in [3.8, 4) is 16.9 Å². The van der Waals surface area contributed by atoms with Crippen LogP contribution in [0.1, 0.15) is 43.2 Å². The SMILES string of the molecule is Cc1c(C(=O)N2CCNC(=O)CC23CN(C(=O)OC(C)(C)C)C3)nn(-c2ccc(Cl)cc2Cl)c1-c1ccc(Cl)cc1. The van der Waals surface area contributed by atoms with Gasteiger partial charge in [-0.25, -0.2) is 9.48 Å². The summed E-state index contributed by atoms with van der Waals surface area (Å²) >= 11 is 18.9. The highest BCUT2D eigenvalue weighted by Crippen LogP contribution is 2.37. The van der Waals surface area contributed by atoms with E-state index in [1.807, 2.05) is 19.1 Å². The van der Waals surface area contributed by atoms with Gasteiger partial charge in [-0.3, -0.25) is 9.59 Å². The van der Waals surface area contributed by atoms with Crippen molar-refractivity contribution in [1.82, 2.24) is 24.9 Å². The number of halogens is 3. The molecule has 2 aromatic carbocycles. The number of carbonyl (C=O) groups is 3.